The molecule has 1 atom stereocenters. The van der Waals surface area contributed by atoms with Crippen molar-refractivity contribution in [2.24, 2.45) is 0 Å². The third-order valence-electron chi connectivity index (χ3n) is 9.55. The summed E-state index contributed by atoms with van der Waals surface area (Å²) in [5.41, 5.74) is 5.88. The summed E-state index contributed by atoms with van der Waals surface area (Å²) in [6.07, 6.45) is 4.09. The third-order valence-corrected chi connectivity index (χ3v) is 9.55. The fourth-order valence-electron chi connectivity index (χ4n) is 7.14. The summed E-state index contributed by atoms with van der Waals surface area (Å²) in [7, 11) is 2.12. The third kappa shape index (κ3) is 4.83. The zero-order valence-corrected chi connectivity index (χ0v) is 24.7. The maximum atomic E-state index is 14.6. The predicted octanol–water partition coefficient (Wildman–Crippen LogP) is 5.79. The molecule has 1 unspecified atom stereocenters. The molecule has 7 rings (SSSR count). The molecule has 0 spiro atoms. The molecule has 222 valence electrons. The van der Waals surface area contributed by atoms with Crippen molar-refractivity contribution in [1.82, 2.24) is 5.32 Å². The Morgan fingerprint density at radius 1 is 0.977 bits per heavy atom. The minimum Gasteiger partial charge on any atom is -0.371 e. The molecule has 0 saturated carbocycles. The summed E-state index contributed by atoms with van der Waals surface area (Å²) in [6, 6.07) is 25.2. The standard InChI is InChI=1S/C36H34FN5O2/c1-40(27-15-18-41(19-16-27)31-13-9-24(22-38)21-30(31)37)26-11-7-23(8-12-26)20-25-10-14-32-34-28(25)4-2-5-29(34)36(44)42(32)33-6-3-17-39-35(33)43/h2,4-5,7-14,21,27,33H,3,6,15-20H2,1H3,(H,39,43). The minimum absolute atomic E-state index is 0.0783. The highest BCUT2D eigenvalue weighted by Gasteiger charge is 2.39. The number of anilines is 3. The van der Waals surface area contributed by atoms with Crippen LogP contribution in [-0.4, -0.2) is 50.6 Å². The molecular weight excluding hydrogens is 553 g/mol. The minimum atomic E-state index is -0.466. The van der Waals surface area contributed by atoms with Crippen molar-refractivity contribution in [3.63, 3.8) is 0 Å². The van der Waals surface area contributed by atoms with Crippen molar-refractivity contribution in [2.45, 2.75) is 44.2 Å². The predicted molar refractivity (Wildman–Crippen MR) is 171 cm³/mol. The van der Waals surface area contributed by atoms with Crippen molar-refractivity contribution >= 4 is 39.6 Å². The Morgan fingerprint density at radius 2 is 1.75 bits per heavy atom. The van der Waals surface area contributed by atoms with Gasteiger partial charge in [-0.25, -0.2) is 4.39 Å². The van der Waals surface area contributed by atoms with E-state index in [0.717, 1.165) is 66.5 Å². The van der Waals surface area contributed by atoms with Crippen LogP contribution in [0.4, 0.5) is 21.5 Å². The summed E-state index contributed by atoms with van der Waals surface area (Å²) >= 11 is 0. The van der Waals surface area contributed by atoms with Crippen LogP contribution in [0, 0.1) is 17.1 Å². The lowest BCUT2D eigenvalue weighted by atomic mass is 9.95. The Hall–Kier alpha value is -4.90. The summed E-state index contributed by atoms with van der Waals surface area (Å²) in [4.78, 5) is 32.2. The van der Waals surface area contributed by atoms with E-state index in [1.54, 1.807) is 17.0 Å². The molecule has 1 N–H and O–H groups in total. The number of amides is 2. The summed E-state index contributed by atoms with van der Waals surface area (Å²) < 4.78 is 14.6. The van der Waals surface area contributed by atoms with Gasteiger partial charge in [0.15, 0.2) is 0 Å². The number of piperidine rings is 2. The zero-order valence-electron chi connectivity index (χ0n) is 24.7. The van der Waals surface area contributed by atoms with E-state index < -0.39 is 6.04 Å². The highest BCUT2D eigenvalue weighted by Crippen LogP contribution is 2.41. The molecule has 3 aliphatic rings. The van der Waals surface area contributed by atoms with Crippen LogP contribution in [0.3, 0.4) is 0 Å². The van der Waals surface area contributed by atoms with Crippen LogP contribution in [0.25, 0.3) is 10.8 Å². The molecule has 8 heteroatoms. The van der Waals surface area contributed by atoms with Crippen LogP contribution in [0.15, 0.2) is 72.8 Å². The van der Waals surface area contributed by atoms with Crippen molar-refractivity contribution < 1.29 is 14.0 Å². The van der Waals surface area contributed by atoms with Crippen LogP contribution >= 0.6 is 0 Å². The first-order valence-corrected chi connectivity index (χ1v) is 15.3. The first-order chi connectivity index (χ1) is 21.4. The molecule has 3 aliphatic heterocycles. The monoisotopic (exact) mass is 587 g/mol. The molecule has 3 heterocycles. The number of carbonyl (C=O) groups excluding carboxylic acids is 2. The Kier molecular flexibility index (Phi) is 7.17. The number of benzene rings is 4. The normalized spacial score (nSPS) is 18.4. The van der Waals surface area contributed by atoms with E-state index in [1.165, 1.54) is 11.6 Å². The second kappa shape index (κ2) is 11.3. The Morgan fingerprint density at radius 3 is 2.48 bits per heavy atom. The van der Waals surface area contributed by atoms with Crippen molar-refractivity contribution in [3.8, 4) is 6.07 Å². The highest BCUT2D eigenvalue weighted by atomic mass is 19.1. The lowest BCUT2D eigenvalue weighted by Crippen LogP contribution is -2.51. The van der Waals surface area contributed by atoms with E-state index in [9.17, 15) is 14.0 Å². The lowest BCUT2D eigenvalue weighted by Gasteiger charge is -2.39. The first-order valence-electron chi connectivity index (χ1n) is 15.3. The molecule has 4 aromatic carbocycles. The highest BCUT2D eigenvalue weighted by molar-refractivity contribution is 6.27. The van der Waals surface area contributed by atoms with E-state index in [2.05, 4.69) is 58.6 Å². The first kappa shape index (κ1) is 27.9. The molecule has 0 bridgehead atoms. The van der Waals surface area contributed by atoms with Crippen LogP contribution in [0.5, 0.6) is 0 Å². The van der Waals surface area contributed by atoms with Gasteiger partial charge in [-0.3, -0.25) is 14.5 Å². The van der Waals surface area contributed by atoms with Crippen molar-refractivity contribution in [3.05, 3.63) is 101 Å². The number of nitriles is 1. The van der Waals surface area contributed by atoms with Gasteiger partial charge in [0.1, 0.15) is 11.9 Å². The smallest absolute Gasteiger partial charge is 0.259 e. The average molecular weight is 588 g/mol. The van der Waals surface area contributed by atoms with Gasteiger partial charge in [-0.1, -0.05) is 30.3 Å². The van der Waals surface area contributed by atoms with Gasteiger partial charge in [0.05, 0.1) is 23.0 Å². The second-order valence-corrected chi connectivity index (χ2v) is 12.0. The fourth-order valence-corrected chi connectivity index (χ4v) is 7.14. The molecule has 2 fully saturated rings. The number of hydrogen-bond donors (Lipinski definition) is 1. The molecule has 2 saturated heterocycles. The van der Waals surface area contributed by atoms with Gasteiger partial charge in [-0.15, -0.1) is 0 Å². The number of carbonyl (C=O) groups is 2. The van der Waals surface area contributed by atoms with Crippen LogP contribution in [-0.2, 0) is 11.2 Å². The molecule has 2 amide bonds. The van der Waals surface area contributed by atoms with E-state index >= 15 is 0 Å². The zero-order chi connectivity index (χ0) is 30.4. The molecule has 0 aromatic heterocycles. The van der Waals surface area contributed by atoms with Gasteiger partial charge in [-0.05, 0) is 91.1 Å². The van der Waals surface area contributed by atoms with Crippen LogP contribution < -0.4 is 20.0 Å². The van der Waals surface area contributed by atoms with Gasteiger partial charge in [0.25, 0.3) is 5.91 Å². The molecule has 44 heavy (non-hydrogen) atoms. The van der Waals surface area contributed by atoms with Crippen LogP contribution in [0.2, 0.25) is 0 Å². The molecule has 7 nitrogen and oxygen atoms in total. The van der Waals surface area contributed by atoms with Crippen molar-refractivity contribution in [2.75, 3.05) is 41.4 Å². The van der Waals surface area contributed by atoms with E-state index in [0.29, 0.717) is 35.8 Å². The molecular formula is C36H34FN5O2. The topological polar surface area (TPSA) is 79.7 Å². The number of hydrogen-bond acceptors (Lipinski definition) is 5. The van der Waals surface area contributed by atoms with Gasteiger partial charge in [0, 0.05) is 49.4 Å². The van der Waals surface area contributed by atoms with Crippen molar-refractivity contribution in [1.29, 1.82) is 5.26 Å². The fraction of sp³-hybridized carbons (Fsp3) is 0.306. The Labute approximate surface area is 256 Å². The van der Waals surface area contributed by atoms with Gasteiger partial charge < -0.3 is 15.1 Å². The number of nitrogens with one attached hydrogen (secondary N) is 1. The largest absolute Gasteiger partial charge is 0.371 e. The van der Waals surface area contributed by atoms with Gasteiger partial charge in [0.2, 0.25) is 5.91 Å². The van der Waals surface area contributed by atoms with E-state index in [1.807, 2.05) is 24.3 Å². The molecule has 4 aromatic rings. The Bertz CT molecular complexity index is 1810. The second-order valence-electron chi connectivity index (χ2n) is 12.0. The van der Waals surface area contributed by atoms with Gasteiger partial charge in [-0.2, -0.15) is 5.26 Å². The van der Waals surface area contributed by atoms with E-state index in [-0.39, 0.29) is 17.6 Å². The number of rotatable bonds is 6. The Balaban J connectivity index is 1.05. The van der Waals surface area contributed by atoms with Crippen LogP contribution in [0.1, 0.15) is 52.7 Å². The quantitative estimate of drug-likeness (QED) is 0.309. The maximum Gasteiger partial charge on any atom is 0.259 e. The maximum absolute atomic E-state index is 14.6. The number of nitrogens with zero attached hydrogens (tertiary/aromatic N) is 4. The summed E-state index contributed by atoms with van der Waals surface area (Å²) in [5, 5.41) is 13.9. The average Bonchev–Trinajstić information content (AvgIpc) is 3.34. The number of halogens is 1. The lowest BCUT2D eigenvalue weighted by molar-refractivity contribution is -0.123. The molecule has 0 aliphatic carbocycles. The van der Waals surface area contributed by atoms with Gasteiger partial charge >= 0.3 is 0 Å². The van der Waals surface area contributed by atoms with E-state index in [4.69, 9.17) is 5.26 Å². The SMILES string of the molecule is CN(c1ccc(Cc2ccc3c4c(cccc24)C(=O)N3C2CCCNC2=O)cc1)C1CCN(c2ccc(C#N)cc2F)CC1. The summed E-state index contributed by atoms with van der Waals surface area (Å²) in [5.74, 6) is -0.511. The summed E-state index contributed by atoms with van der Waals surface area (Å²) in [6.45, 7) is 2.17. The molecule has 0 radical (unpaired) electrons.